The summed E-state index contributed by atoms with van der Waals surface area (Å²) in [5, 5.41) is 14.6. The van der Waals surface area contributed by atoms with Gasteiger partial charge in [0, 0.05) is 51.8 Å². The van der Waals surface area contributed by atoms with E-state index in [1.54, 1.807) is 18.5 Å². The number of ether oxygens (including phenoxy) is 3. The molecule has 2 saturated carbocycles. The Morgan fingerprint density at radius 3 is 2.67 bits per heavy atom. The lowest BCUT2D eigenvalue weighted by molar-refractivity contribution is -0.282. The monoisotopic (exact) mass is 540 g/mol. The maximum Gasteiger partial charge on any atom is 0.195 e. The van der Waals surface area contributed by atoms with E-state index in [1.165, 1.54) is 16.6 Å². The van der Waals surface area contributed by atoms with Gasteiger partial charge in [0.1, 0.15) is 11.2 Å². The molecule has 208 valence electrons. The number of carbonyl (C=O) groups excluding carboxylic acids is 1. The molecule has 1 saturated heterocycles. The fourth-order valence-electron chi connectivity index (χ4n) is 9.26. The molecule has 2 unspecified atom stereocenters. The molecular weight excluding hydrogens is 504 g/mol. The Morgan fingerprint density at radius 2 is 1.88 bits per heavy atom. The number of hydrogen-bond acceptors (Lipinski definition) is 6. The molecule has 3 fully saturated rings. The van der Waals surface area contributed by atoms with Gasteiger partial charge in [-0.3, -0.25) is 9.78 Å². The molecule has 7 heteroatoms. The van der Waals surface area contributed by atoms with Gasteiger partial charge in [-0.1, -0.05) is 32.0 Å². The van der Waals surface area contributed by atoms with Crippen LogP contribution in [-0.2, 0) is 37.4 Å². The van der Waals surface area contributed by atoms with Crippen LogP contribution in [0.2, 0.25) is 0 Å². The van der Waals surface area contributed by atoms with Gasteiger partial charge in [0.25, 0.3) is 0 Å². The van der Waals surface area contributed by atoms with Crippen molar-refractivity contribution in [2.45, 2.75) is 94.6 Å². The first-order chi connectivity index (χ1) is 19.0. The number of aromatic nitrogens is 2. The van der Waals surface area contributed by atoms with Gasteiger partial charge in [0.2, 0.25) is 0 Å². The van der Waals surface area contributed by atoms with Crippen LogP contribution < -0.4 is 0 Å². The molecule has 0 radical (unpaired) electrons. The van der Waals surface area contributed by atoms with Crippen LogP contribution in [0.3, 0.4) is 0 Å². The highest BCUT2D eigenvalue weighted by Gasteiger charge is 2.78. The highest BCUT2D eigenvalue weighted by Crippen LogP contribution is 2.72. The topological polar surface area (TPSA) is 93.7 Å². The number of ketones is 1. The zero-order valence-electron chi connectivity index (χ0n) is 23.5. The van der Waals surface area contributed by atoms with Gasteiger partial charge >= 0.3 is 0 Å². The normalized spacial score (nSPS) is 40.8. The van der Waals surface area contributed by atoms with Crippen molar-refractivity contribution in [3.63, 3.8) is 0 Å². The zero-order chi connectivity index (χ0) is 27.7. The Labute approximate surface area is 233 Å². The molecule has 5 aliphatic rings. The molecule has 2 aliphatic heterocycles. The molecular formula is C33H36N2O5. The molecule has 3 aromatic rings. The number of aromatic amines is 1. The lowest BCUT2D eigenvalue weighted by Crippen LogP contribution is -2.74. The van der Waals surface area contributed by atoms with E-state index in [1.807, 2.05) is 26.0 Å². The molecule has 3 aliphatic carbocycles. The summed E-state index contributed by atoms with van der Waals surface area (Å²) in [6.07, 6.45) is 6.72. The largest absolute Gasteiger partial charge is 0.382 e. The number of pyridine rings is 1. The smallest absolute Gasteiger partial charge is 0.195 e. The Kier molecular flexibility index (Phi) is 4.80. The van der Waals surface area contributed by atoms with Crippen molar-refractivity contribution < 1.29 is 24.1 Å². The van der Waals surface area contributed by atoms with E-state index in [4.69, 9.17) is 14.2 Å². The van der Waals surface area contributed by atoms with Crippen LogP contribution >= 0.6 is 0 Å². The van der Waals surface area contributed by atoms with E-state index in [-0.39, 0.29) is 17.1 Å². The summed E-state index contributed by atoms with van der Waals surface area (Å²) < 4.78 is 19.8. The first kappa shape index (κ1) is 24.9. The lowest BCUT2D eigenvalue weighted by atomic mass is 9.41. The molecule has 2 N–H and O–H groups in total. The first-order valence-electron chi connectivity index (χ1n) is 14.5. The molecule has 0 amide bonds. The Balaban J connectivity index is 1.31. The second kappa shape index (κ2) is 7.71. The van der Waals surface area contributed by atoms with Crippen molar-refractivity contribution in [1.29, 1.82) is 0 Å². The number of H-pyrrole nitrogens is 1. The number of nitrogens with one attached hydrogen (secondary N) is 1. The summed E-state index contributed by atoms with van der Waals surface area (Å²) in [4.78, 5) is 21.4. The minimum absolute atomic E-state index is 0.149. The van der Waals surface area contributed by atoms with E-state index >= 15 is 0 Å². The third-order valence-corrected chi connectivity index (χ3v) is 11.4. The quantitative estimate of drug-likeness (QED) is 0.490. The Hall–Kier alpha value is -2.84. The number of aliphatic hydroxyl groups is 1. The Bertz CT molecular complexity index is 1590. The SMILES string of the molecule is CC1(C)O[C@@]23CCC4(C)[C@@]5(C)c6[nH]c7ccccc7c6C[C@@H]5C[C@H](OCc5ccncc5)[C@@]4(O)C2=CC(=O)C1O3. The standard InChI is InChI=1S/C33H36N2O5/c1-29(2)28-24(36)17-25-32(39-28,40-29)12-11-30(3)31(4)20(15-22-21-7-5-6-8-23(21)35-27(22)31)16-26(33(25,30)37)38-18-19-9-13-34-14-10-19/h5-10,13-14,17,20,26,28,35,37H,11-12,15-16,18H2,1-4H3/t20-,26+,28?,30?,31-,32+,33+/m1/s1. The maximum atomic E-state index is 13.5. The van der Waals surface area contributed by atoms with E-state index < -0.39 is 34.6 Å². The number of rotatable bonds is 3. The molecule has 2 bridgehead atoms. The summed E-state index contributed by atoms with van der Waals surface area (Å²) in [5.41, 5.74) is 1.86. The third kappa shape index (κ3) is 2.79. The van der Waals surface area contributed by atoms with Crippen LogP contribution in [-0.4, -0.2) is 50.1 Å². The second-order valence-electron chi connectivity index (χ2n) is 13.5. The summed E-state index contributed by atoms with van der Waals surface area (Å²) >= 11 is 0. The van der Waals surface area contributed by atoms with Crippen molar-refractivity contribution in [1.82, 2.24) is 9.97 Å². The van der Waals surface area contributed by atoms with Crippen LogP contribution in [0.15, 0.2) is 60.4 Å². The number of carbonyl (C=O) groups is 1. The van der Waals surface area contributed by atoms with Crippen LogP contribution in [0.4, 0.5) is 0 Å². The van der Waals surface area contributed by atoms with Crippen LogP contribution in [0.1, 0.15) is 63.8 Å². The van der Waals surface area contributed by atoms with E-state index in [0.717, 1.165) is 17.5 Å². The van der Waals surface area contributed by atoms with Gasteiger partial charge in [0.15, 0.2) is 17.7 Å². The van der Waals surface area contributed by atoms with Gasteiger partial charge < -0.3 is 24.3 Å². The van der Waals surface area contributed by atoms with Crippen molar-refractivity contribution >= 4 is 16.7 Å². The Morgan fingerprint density at radius 1 is 1.10 bits per heavy atom. The fourth-order valence-corrected chi connectivity index (χ4v) is 9.26. The first-order valence-corrected chi connectivity index (χ1v) is 14.5. The summed E-state index contributed by atoms with van der Waals surface area (Å²) in [7, 11) is 0. The molecule has 1 aromatic carbocycles. The highest BCUT2D eigenvalue weighted by molar-refractivity contribution is 5.97. The predicted molar refractivity (Wildman–Crippen MR) is 148 cm³/mol. The molecule has 1 spiro atoms. The number of fused-ring (bicyclic) bond motifs is 9. The summed E-state index contributed by atoms with van der Waals surface area (Å²) in [6, 6.07) is 12.3. The maximum absolute atomic E-state index is 13.5. The zero-order valence-corrected chi connectivity index (χ0v) is 23.5. The third-order valence-electron chi connectivity index (χ3n) is 11.4. The minimum atomic E-state index is -1.50. The van der Waals surface area contributed by atoms with E-state index in [0.29, 0.717) is 31.4 Å². The van der Waals surface area contributed by atoms with Gasteiger partial charge in [-0.2, -0.15) is 0 Å². The van der Waals surface area contributed by atoms with Gasteiger partial charge in [-0.05, 0) is 74.4 Å². The average molecular weight is 541 g/mol. The molecule has 2 aromatic heterocycles. The number of benzene rings is 1. The van der Waals surface area contributed by atoms with Crippen LogP contribution in [0.25, 0.3) is 10.9 Å². The highest BCUT2D eigenvalue weighted by atomic mass is 16.8. The fraction of sp³-hybridized carbons (Fsp3) is 0.515. The molecule has 40 heavy (non-hydrogen) atoms. The average Bonchev–Trinajstić information content (AvgIpc) is 3.52. The lowest BCUT2D eigenvalue weighted by Gasteiger charge is -2.67. The summed E-state index contributed by atoms with van der Waals surface area (Å²) in [5.74, 6) is -1.03. The second-order valence-corrected chi connectivity index (χ2v) is 13.5. The van der Waals surface area contributed by atoms with Crippen molar-refractivity contribution in [2.24, 2.45) is 11.3 Å². The van der Waals surface area contributed by atoms with Gasteiger partial charge in [-0.15, -0.1) is 0 Å². The van der Waals surface area contributed by atoms with Gasteiger partial charge in [-0.25, -0.2) is 0 Å². The number of hydrogen-bond donors (Lipinski definition) is 2. The van der Waals surface area contributed by atoms with Crippen LogP contribution in [0.5, 0.6) is 0 Å². The van der Waals surface area contributed by atoms with Crippen molar-refractivity contribution in [2.75, 3.05) is 0 Å². The minimum Gasteiger partial charge on any atom is -0.382 e. The number of nitrogens with zero attached hydrogens (tertiary/aromatic N) is 1. The molecule has 7 nitrogen and oxygen atoms in total. The summed E-state index contributed by atoms with van der Waals surface area (Å²) in [6.45, 7) is 8.67. The predicted octanol–water partition coefficient (Wildman–Crippen LogP) is 4.91. The molecule has 8 rings (SSSR count). The van der Waals surface area contributed by atoms with Crippen LogP contribution in [0, 0.1) is 11.3 Å². The van der Waals surface area contributed by atoms with Crippen molar-refractivity contribution in [3.05, 3.63) is 77.3 Å². The van der Waals surface area contributed by atoms with Crippen molar-refractivity contribution in [3.8, 4) is 0 Å². The number of para-hydroxylation sites is 1. The molecule has 4 heterocycles. The van der Waals surface area contributed by atoms with E-state index in [9.17, 15) is 9.90 Å². The van der Waals surface area contributed by atoms with E-state index in [2.05, 4.69) is 48.1 Å². The van der Waals surface area contributed by atoms with Gasteiger partial charge in [0.05, 0.1) is 12.7 Å². The molecule has 7 atom stereocenters.